The number of nitrogens with zero attached hydrogens (tertiary/aromatic N) is 1. The molecule has 0 bridgehead atoms. The standard InChI is InChI=1S/C12H8F2N2O/c13-8-4-1-5-9(14)10(8)11(17)7-3-2-6-16-12(7)15/h1-6H,(H2,15,16). The van der Waals surface area contributed by atoms with Gasteiger partial charge in [0.2, 0.25) is 5.78 Å². The van der Waals surface area contributed by atoms with Gasteiger partial charge in [-0.2, -0.15) is 0 Å². The minimum atomic E-state index is -0.918. The number of hydrogen-bond acceptors (Lipinski definition) is 3. The van der Waals surface area contributed by atoms with Crippen molar-refractivity contribution in [3.05, 3.63) is 59.3 Å². The first-order valence-electron chi connectivity index (χ1n) is 4.80. The molecule has 0 fully saturated rings. The van der Waals surface area contributed by atoms with Gasteiger partial charge in [-0.1, -0.05) is 6.07 Å². The van der Waals surface area contributed by atoms with Gasteiger partial charge in [0.1, 0.15) is 17.5 Å². The summed E-state index contributed by atoms with van der Waals surface area (Å²) in [7, 11) is 0. The van der Waals surface area contributed by atoms with Crippen molar-refractivity contribution in [1.29, 1.82) is 0 Å². The van der Waals surface area contributed by atoms with Crippen LogP contribution in [0.25, 0.3) is 0 Å². The van der Waals surface area contributed by atoms with Gasteiger partial charge in [-0.05, 0) is 24.3 Å². The molecule has 2 N–H and O–H groups in total. The van der Waals surface area contributed by atoms with E-state index in [4.69, 9.17) is 5.73 Å². The van der Waals surface area contributed by atoms with E-state index in [2.05, 4.69) is 4.98 Å². The molecule has 1 aromatic carbocycles. The fourth-order valence-electron chi connectivity index (χ4n) is 1.46. The van der Waals surface area contributed by atoms with E-state index in [9.17, 15) is 13.6 Å². The molecule has 3 nitrogen and oxygen atoms in total. The molecule has 2 aromatic rings. The average molecular weight is 234 g/mol. The van der Waals surface area contributed by atoms with Crippen LogP contribution in [0.3, 0.4) is 0 Å². The number of carbonyl (C=O) groups is 1. The van der Waals surface area contributed by atoms with Gasteiger partial charge in [0.25, 0.3) is 0 Å². The van der Waals surface area contributed by atoms with Gasteiger partial charge in [0.15, 0.2) is 0 Å². The summed E-state index contributed by atoms with van der Waals surface area (Å²) in [5, 5.41) is 0. The Morgan fingerprint density at radius 2 is 1.76 bits per heavy atom. The number of rotatable bonds is 2. The predicted octanol–water partition coefficient (Wildman–Crippen LogP) is 2.17. The molecule has 0 radical (unpaired) electrons. The fraction of sp³-hybridized carbons (Fsp3) is 0. The number of halogens is 2. The zero-order valence-corrected chi connectivity index (χ0v) is 8.65. The van der Waals surface area contributed by atoms with Crippen LogP contribution < -0.4 is 5.73 Å². The van der Waals surface area contributed by atoms with E-state index in [1.165, 1.54) is 24.4 Å². The zero-order chi connectivity index (χ0) is 12.4. The number of hydrogen-bond donors (Lipinski definition) is 1. The van der Waals surface area contributed by atoms with Crippen LogP contribution in [0.2, 0.25) is 0 Å². The van der Waals surface area contributed by atoms with Gasteiger partial charge in [-0.25, -0.2) is 13.8 Å². The number of ketones is 1. The van der Waals surface area contributed by atoms with Gasteiger partial charge in [-0.3, -0.25) is 4.79 Å². The third-order valence-electron chi connectivity index (χ3n) is 2.27. The molecule has 17 heavy (non-hydrogen) atoms. The lowest BCUT2D eigenvalue weighted by molar-refractivity contribution is 0.103. The summed E-state index contributed by atoms with van der Waals surface area (Å²) < 4.78 is 26.8. The third kappa shape index (κ3) is 1.99. The van der Waals surface area contributed by atoms with Crippen LogP contribution in [-0.2, 0) is 0 Å². The van der Waals surface area contributed by atoms with Crippen LogP contribution in [-0.4, -0.2) is 10.8 Å². The molecule has 0 aliphatic rings. The Kier molecular flexibility index (Phi) is 2.82. The van der Waals surface area contributed by atoms with Crippen molar-refractivity contribution in [2.45, 2.75) is 0 Å². The van der Waals surface area contributed by atoms with E-state index in [-0.39, 0.29) is 11.4 Å². The summed E-state index contributed by atoms with van der Waals surface area (Å²) in [6, 6.07) is 6.07. The van der Waals surface area contributed by atoms with Crippen LogP contribution in [0.4, 0.5) is 14.6 Å². The first-order chi connectivity index (χ1) is 8.11. The van der Waals surface area contributed by atoms with E-state index < -0.39 is 23.0 Å². The van der Waals surface area contributed by atoms with E-state index in [1.54, 1.807) is 0 Å². The number of benzene rings is 1. The molecule has 0 amide bonds. The SMILES string of the molecule is Nc1ncccc1C(=O)c1c(F)cccc1F. The van der Waals surface area contributed by atoms with E-state index in [0.717, 1.165) is 12.1 Å². The zero-order valence-electron chi connectivity index (χ0n) is 8.65. The Bertz CT molecular complexity index is 564. The normalized spacial score (nSPS) is 10.2. The summed E-state index contributed by atoms with van der Waals surface area (Å²) in [6.07, 6.45) is 1.39. The van der Waals surface area contributed by atoms with Crippen LogP contribution >= 0.6 is 0 Å². The Morgan fingerprint density at radius 3 is 2.35 bits per heavy atom. The highest BCUT2D eigenvalue weighted by Gasteiger charge is 2.20. The second-order valence-corrected chi connectivity index (χ2v) is 3.36. The highest BCUT2D eigenvalue weighted by atomic mass is 19.1. The smallest absolute Gasteiger partial charge is 0.202 e. The Morgan fingerprint density at radius 1 is 1.12 bits per heavy atom. The van der Waals surface area contributed by atoms with Crippen LogP contribution in [0.1, 0.15) is 15.9 Å². The van der Waals surface area contributed by atoms with Crippen molar-refractivity contribution in [3.63, 3.8) is 0 Å². The molecule has 0 aliphatic carbocycles. The molecule has 1 aromatic heterocycles. The van der Waals surface area contributed by atoms with Crippen molar-refractivity contribution < 1.29 is 13.6 Å². The fourth-order valence-corrected chi connectivity index (χ4v) is 1.46. The largest absolute Gasteiger partial charge is 0.383 e. The summed E-state index contributed by atoms with van der Waals surface area (Å²) in [5.74, 6) is -2.71. The third-order valence-corrected chi connectivity index (χ3v) is 2.27. The maximum absolute atomic E-state index is 13.4. The molecule has 0 spiro atoms. The predicted molar refractivity (Wildman–Crippen MR) is 58.4 cm³/mol. The topological polar surface area (TPSA) is 56.0 Å². The summed E-state index contributed by atoms with van der Waals surface area (Å²) in [4.78, 5) is 15.6. The second-order valence-electron chi connectivity index (χ2n) is 3.36. The first-order valence-corrected chi connectivity index (χ1v) is 4.80. The minimum absolute atomic E-state index is 0.0171. The second kappa shape index (κ2) is 4.29. The van der Waals surface area contributed by atoms with Gasteiger partial charge >= 0.3 is 0 Å². The summed E-state index contributed by atoms with van der Waals surface area (Å²) in [6.45, 7) is 0. The van der Waals surface area contributed by atoms with Gasteiger partial charge in [0.05, 0.1) is 11.1 Å². The number of anilines is 1. The summed E-state index contributed by atoms with van der Waals surface area (Å²) >= 11 is 0. The van der Waals surface area contributed by atoms with Crippen molar-refractivity contribution in [1.82, 2.24) is 4.98 Å². The van der Waals surface area contributed by atoms with Crippen molar-refractivity contribution in [2.24, 2.45) is 0 Å². The first kappa shape index (κ1) is 11.2. The molecular weight excluding hydrogens is 226 g/mol. The lowest BCUT2D eigenvalue weighted by Gasteiger charge is -2.05. The van der Waals surface area contributed by atoms with Crippen molar-refractivity contribution >= 4 is 11.6 Å². The molecule has 0 saturated carbocycles. The molecule has 0 aliphatic heterocycles. The number of nitrogen functional groups attached to an aromatic ring is 1. The van der Waals surface area contributed by atoms with Gasteiger partial charge in [0, 0.05) is 6.20 Å². The van der Waals surface area contributed by atoms with E-state index in [0.29, 0.717) is 0 Å². The molecule has 1 heterocycles. The Labute approximate surface area is 95.9 Å². The van der Waals surface area contributed by atoms with Gasteiger partial charge in [-0.15, -0.1) is 0 Å². The molecule has 2 rings (SSSR count). The van der Waals surface area contributed by atoms with Crippen molar-refractivity contribution in [2.75, 3.05) is 5.73 Å². The quantitative estimate of drug-likeness (QED) is 0.810. The lowest BCUT2D eigenvalue weighted by Crippen LogP contribution is -2.10. The highest BCUT2D eigenvalue weighted by molar-refractivity contribution is 6.11. The molecule has 5 heteroatoms. The van der Waals surface area contributed by atoms with Gasteiger partial charge < -0.3 is 5.73 Å². The number of nitrogens with two attached hydrogens (primary N) is 1. The summed E-state index contributed by atoms with van der Waals surface area (Å²) in [5.41, 5.74) is 4.85. The monoisotopic (exact) mass is 234 g/mol. The molecule has 86 valence electrons. The molecule has 0 atom stereocenters. The minimum Gasteiger partial charge on any atom is -0.383 e. The molecule has 0 saturated heterocycles. The Hall–Kier alpha value is -2.30. The number of carbonyl (C=O) groups excluding carboxylic acids is 1. The highest BCUT2D eigenvalue weighted by Crippen LogP contribution is 2.19. The molecule has 0 unspecified atom stereocenters. The lowest BCUT2D eigenvalue weighted by atomic mass is 10.0. The average Bonchev–Trinajstić information content (AvgIpc) is 2.29. The maximum atomic E-state index is 13.4. The van der Waals surface area contributed by atoms with Crippen LogP contribution in [0.5, 0.6) is 0 Å². The maximum Gasteiger partial charge on any atom is 0.202 e. The number of aromatic nitrogens is 1. The van der Waals surface area contributed by atoms with Crippen molar-refractivity contribution in [3.8, 4) is 0 Å². The van der Waals surface area contributed by atoms with E-state index >= 15 is 0 Å². The van der Waals surface area contributed by atoms with E-state index in [1.807, 2.05) is 0 Å². The number of pyridine rings is 1. The van der Waals surface area contributed by atoms with Crippen LogP contribution in [0.15, 0.2) is 36.5 Å². The molecular formula is C12H8F2N2O. The van der Waals surface area contributed by atoms with Crippen LogP contribution in [0, 0.1) is 11.6 Å². The Balaban J connectivity index is 2.56.